The summed E-state index contributed by atoms with van der Waals surface area (Å²) >= 11 is 1.61. The molecule has 6 heteroatoms. The normalized spacial score (nSPS) is 19.2. The summed E-state index contributed by atoms with van der Waals surface area (Å²) in [4.78, 5) is 19.5. The van der Waals surface area contributed by atoms with Crippen molar-refractivity contribution >= 4 is 28.6 Å². The zero-order valence-corrected chi connectivity index (χ0v) is 17.7. The van der Waals surface area contributed by atoms with E-state index in [0.29, 0.717) is 5.56 Å². The van der Waals surface area contributed by atoms with Crippen molar-refractivity contribution in [3.63, 3.8) is 0 Å². The van der Waals surface area contributed by atoms with Gasteiger partial charge in [-0.3, -0.25) is 4.79 Å². The van der Waals surface area contributed by atoms with Gasteiger partial charge in [0, 0.05) is 42.4 Å². The Balaban J connectivity index is 0.00000256. The smallest absolute Gasteiger partial charge is 0.255 e. The van der Waals surface area contributed by atoms with Gasteiger partial charge >= 0.3 is 0 Å². The SMILES string of the molecule is Cc1nc(-c2cccc(C(=O)Nc3ccc(N4CC(C)O[C@@H](C)C4)cc3)c2)cs1.[HH]. The van der Waals surface area contributed by atoms with Gasteiger partial charge < -0.3 is 15.0 Å². The van der Waals surface area contributed by atoms with E-state index in [1.54, 1.807) is 11.3 Å². The Bertz CT molecular complexity index is 996. The minimum absolute atomic E-state index is 0. The quantitative estimate of drug-likeness (QED) is 0.641. The first kappa shape index (κ1) is 19.6. The number of hydrogen-bond acceptors (Lipinski definition) is 5. The van der Waals surface area contributed by atoms with Crippen molar-refractivity contribution < 1.29 is 11.0 Å². The minimum atomic E-state index is -0.125. The van der Waals surface area contributed by atoms with Crippen LogP contribution >= 0.6 is 11.3 Å². The lowest BCUT2D eigenvalue weighted by Crippen LogP contribution is -2.45. The van der Waals surface area contributed by atoms with Gasteiger partial charge in [-0.15, -0.1) is 11.3 Å². The van der Waals surface area contributed by atoms with E-state index < -0.39 is 0 Å². The van der Waals surface area contributed by atoms with Crippen molar-refractivity contribution in [1.29, 1.82) is 0 Å². The number of morpholine rings is 1. The maximum absolute atomic E-state index is 12.7. The summed E-state index contributed by atoms with van der Waals surface area (Å²) in [5.74, 6) is -0.125. The number of hydrogen-bond donors (Lipinski definition) is 1. The summed E-state index contributed by atoms with van der Waals surface area (Å²) < 4.78 is 5.80. The van der Waals surface area contributed by atoms with Crippen LogP contribution < -0.4 is 10.2 Å². The molecular formula is C23H27N3O2S. The van der Waals surface area contributed by atoms with Crippen LogP contribution in [-0.4, -0.2) is 36.2 Å². The van der Waals surface area contributed by atoms with E-state index in [0.717, 1.165) is 40.7 Å². The molecule has 5 nitrogen and oxygen atoms in total. The number of carbonyl (C=O) groups excluding carboxylic acids is 1. The molecule has 1 unspecified atom stereocenters. The summed E-state index contributed by atoms with van der Waals surface area (Å²) in [5, 5.41) is 6.02. The molecule has 4 rings (SSSR count). The highest BCUT2D eigenvalue weighted by atomic mass is 32.1. The van der Waals surface area contributed by atoms with Crippen molar-refractivity contribution in [3.8, 4) is 11.3 Å². The van der Waals surface area contributed by atoms with Crippen LogP contribution in [0.5, 0.6) is 0 Å². The number of rotatable bonds is 4. The standard InChI is InChI=1S/C23H25N3O2S.H2/c1-15-12-26(13-16(2)28-15)21-9-7-20(8-10-21)25-23(27)19-6-4-5-18(11-19)22-14-29-17(3)24-22;/h4-11,14-16H,12-13H2,1-3H3,(H,25,27);1H/t15-,16?;/m0./s1. The Kier molecular flexibility index (Phi) is 5.65. The number of anilines is 2. The molecule has 3 aromatic rings. The monoisotopic (exact) mass is 409 g/mol. The molecule has 0 spiro atoms. The van der Waals surface area contributed by atoms with Crippen molar-refractivity contribution in [3.05, 3.63) is 64.5 Å². The van der Waals surface area contributed by atoms with E-state index >= 15 is 0 Å². The first-order valence-electron chi connectivity index (χ1n) is 9.82. The van der Waals surface area contributed by atoms with Crippen molar-refractivity contribution in [2.45, 2.75) is 33.0 Å². The second kappa shape index (κ2) is 8.35. The van der Waals surface area contributed by atoms with E-state index in [4.69, 9.17) is 4.74 Å². The zero-order chi connectivity index (χ0) is 20.4. The molecule has 2 atom stereocenters. The summed E-state index contributed by atoms with van der Waals surface area (Å²) in [7, 11) is 0. The van der Waals surface area contributed by atoms with Crippen LogP contribution in [0, 0.1) is 6.92 Å². The van der Waals surface area contributed by atoms with Gasteiger partial charge in [0.25, 0.3) is 5.91 Å². The molecule has 1 N–H and O–H groups in total. The lowest BCUT2D eigenvalue weighted by Gasteiger charge is -2.36. The van der Waals surface area contributed by atoms with Crippen LogP contribution in [0.2, 0.25) is 0 Å². The summed E-state index contributed by atoms with van der Waals surface area (Å²) in [6.07, 6.45) is 0.429. The van der Waals surface area contributed by atoms with E-state index in [-0.39, 0.29) is 19.5 Å². The molecule has 0 aliphatic carbocycles. The summed E-state index contributed by atoms with van der Waals surface area (Å²) in [6, 6.07) is 15.6. The van der Waals surface area contributed by atoms with Gasteiger partial charge in [0.1, 0.15) is 0 Å². The summed E-state index contributed by atoms with van der Waals surface area (Å²) in [6.45, 7) is 7.92. The Hall–Kier alpha value is -2.70. The van der Waals surface area contributed by atoms with Gasteiger partial charge in [0.05, 0.1) is 22.9 Å². The molecule has 1 saturated heterocycles. The van der Waals surface area contributed by atoms with Gasteiger partial charge in [-0.1, -0.05) is 12.1 Å². The fourth-order valence-electron chi connectivity index (χ4n) is 3.66. The molecule has 1 aliphatic heterocycles. The van der Waals surface area contributed by atoms with Crippen molar-refractivity contribution in [2.75, 3.05) is 23.3 Å². The number of nitrogens with zero attached hydrogens (tertiary/aromatic N) is 2. The first-order valence-corrected chi connectivity index (χ1v) is 10.7. The molecule has 0 bridgehead atoms. The first-order chi connectivity index (χ1) is 14.0. The minimum Gasteiger partial charge on any atom is -0.372 e. The second-order valence-electron chi connectivity index (χ2n) is 7.50. The maximum atomic E-state index is 12.7. The Morgan fingerprint density at radius 2 is 1.90 bits per heavy atom. The molecule has 2 aromatic carbocycles. The fourth-order valence-corrected chi connectivity index (χ4v) is 4.29. The van der Waals surface area contributed by atoms with Crippen LogP contribution in [0.1, 0.15) is 30.6 Å². The van der Waals surface area contributed by atoms with Crippen LogP contribution in [0.4, 0.5) is 11.4 Å². The molecule has 1 fully saturated rings. The lowest BCUT2D eigenvalue weighted by molar-refractivity contribution is -0.00521. The van der Waals surface area contributed by atoms with E-state index in [1.807, 2.05) is 48.7 Å². The number of ether oxygens (including phenoxy) is 1. The van der Waals surface area contributed by atoms with Gasteiger partial charge in [-0.2, -0.15) is 0 Å². The zero-order valence-electron chi connectivity index (χ0n) is 16.9. The number of carbonyl (C=O) groups is 1. The van der Waals surface area contributed by atoms with Gasteiger partial charge in [-0.05, 0) is 57.2 Å². The Morgan fingerprint density at radius 1 is 1.17 bits per heavy atom. The van der Waals surface area contributed by atoms with Crippen molar-refractivity contribution in [1.82, 2.24) is 4.98 Å². The predicted octanol–water partition coefficient (Wildman–Crippen LogP) is 5.23. The third-order valence-electron chi connectivity index (χ3n) is 4.95. The topological polar surface area (TPSA) is 54.5 Å². The molecular weight excluding hydrogens is 382 g/mol. The van der Waals surface area contributed by atoms with Gasteiger partial charge in [-0.25, -0.2) is 4.98 Å². The van der Waals surface area contributed by atoms with Gasteiger partial charge in [0.2, 0.25) is 0 Å². The van der Waals surface area contributed by atoms with Crippen molar-refractivity contribution in [2.24, 2.45) is 0 Å². The molecule has 29 heavy (non-hydrogen) atoms. The number of nitrogens with one attached hydrogen (secondary N) is 1. The number of benzene rings is 2. The largest absolute Gasteiger partial charge is 0.372 e. The van der Waals surface area contributed by atoms with Crippen LogP contribution in [-0.2, 0) is 4.74 Å². The average molecular weight is 410 g/mol. The highest BCUT2D eigenvalue weighted by molar-refractivity contribution is 7.09. The van der Waals surface area contributed by atoms with E-state index in [2.05, 4.69) is 41.2 Å². The second-order valence-corrected chi connectivity index (χ2v) is 8.56. The molecule has 0 saturated carbocycles. The molecule has 1 aromatic heterocycles. The van der Waals surface area contributed by atoms with E-state index in [1.165, 1.54) is 0 Å². The predicted molar refractivity (Wildman–Crippen MR) is 121 cm³/mol. The maximum Gasteiger partial charge on any atom is 0.255 e. The third kappa shape index (κ3) is 4.66. The Morgan fingerprint density at radius 3 is 2.55 bits per heavy atom. The third-order valence-corrected chi connectivity index (χ3v) is 5.72. The highest BCUT2D eigenvalue weighted by Gasteiger charge is 2.22. The Labute approximate surface area is 176 Å². The number of thiazole rings is 1. The highest BCUT2D eigenvalue weighted by Crippen LogP contribution is 2.24. The molecule has 1 aliphatic rings. The van der Waals surface area contributed by atoms with Crippen LogP contribution in [0.3, 0.4) is 0 Å². The molecule has 0 radical (unpaired) electrons. The van der Waals surface area contributed by atoms with Gasteiger partial charge in [0.15, 0.2) is 0 Å². The number of amides is 1. The van der Waals surface area contributed by atoms with E-state index in [9.17, 15) is 4.79 Å². The molecule has 152 valence electrons. The number of aromatic nitrogens is 1. The van der Waals surface area contributed by atoms with Crippen LogP contribution in [0.25, 0.3) is 11.3 Å². The fraction of sp³-hybridized carbons (Fsp3) is 0.304. The average Bonchev–Trinajstić information content (AvgIpc) is 3.14. The lowest BCUT2D eigenvalue weighted by atomic mass is 10.1. The molecule has 2 heterocycles. The summed E-state index contributed by atoms with van der Waals surface area (Å²) in [5.41, 5.74) is 4.40. The van der Waals surface area contributed by atoms with Crippen LogP contribution in [0.15, 0.2) is 53.9 Å². The molecule has 1 amide bonds. The number of aryl methyl sites for hydroxylation is 1.